The van der Waals surface area contributed by atoms with Gasteiger partial charge < -0.3 is 4.90 Å². The van der Waals surface area contributed by atoms with Crippen LogP contribution in [0, 0.1) is 0 Å². The molecule has 100 valence electrons. The van der Waals surface area contributed by atoms with Crippen LogP contribution in [0.4, 0.5) is 5.69 Å². The molecule has 1 aliphatic heterocycles. The number of hydrogen-bond donors (Lipinski definition) is 0. The lowest BCUT2D eigenvalue weighted by Crippen LogP contribution is -2.46. The molecule has 2 aliphatic rings. The van der Waals surface area contributed by atoms with E-state index >= 15 is 0 Å². The molecule has 2 heteroatoms. The average molecular weight is 255 g/mol. The number of fused-ring (bicyclic) bond motifs is 2. The summed E-state index contributed by atoms with van der Waals surface area (Å²) >= 11 is 0. The van der Waals surface area contributed by atoms with Gasteiger partial charge in [0.15, 0.2) is 0 Å². The average Bonchev–Trinajstić information content (AvgIpc) is 2.70. The summed E-state index contributed by atoms with van der Waals surface area (Å²) in [6, 6.07) is 8.67. The van der Waals surface area contributed by atoms with Crippen LogP contribution < -0.4 is 4.90 Å². The second kappa shape index (κ2) is 4.52. The topological polar surface area (TPSA) is 20.3 Å². The molecule has 1 heterocycles. The number of amides is 1. The highest BCUT2D eigenvalue weighted by Crippen LogP contribution is 2.52. The third kappa shape index (κ3) is 1.66. The summed E-state index contributed by atoms with van der Waals surface area (Å²) in [5.41, 5.74) is 2.65. The highest BCUT2D eigenvalue weighted by molar-refractivity contribution is 6.03. The standard InChI is InChI=1S/C17H21NO/c1-3-16(19)18-13(2)17(11-7-4-8-12-17)14-9-5-6-10-15(14)18/h3,5-6,9-10,13H,1,4,7-8,11-12H2,2H3. The highest BCUT2D eigenvalue weighted by atomic mass is 16.2. The van der Waals surface area contributed by atoms with E-state index < -0.39 is 0 Å². The number of benzene rings is 1. The molecule has 0 saturated heterocycles. The molecule has 0 radical (unpaired) electrons. The number of rotatable bonds is 1. The maximum absolute atomic E-state index is 12.2. The Hall–Kier alpha value is -1.57. The molecular weight excluding hydrogens is 234 g/mol. The van der Waals surface area contributed by atoms with E-state index in [1.807, 2.05) is 11.0 Å². The summed E-state index contributed by atoms with van der Waals surface area (Å²) in [6.45, 7) is 5.86. The van der Waals surface area contributed by atoms with Crippen molar-refractivity contribution in [3.8, 4) is 0 Å². The van der Waals surface area contributed by atoms with Crippen molar-refractivity contribution in [1.82, 2.24) is 0 Å². The third-order valence-corrected chi connectivity index (χ3v) is 5.04. The number of para-hydroxylation sites is 1. The van der Waals surface area contributed by atoms with Gasteiger partial charge in [0.2, 0.25) is 0 Å². The molecule has 1 amide bonds. The first-order valence-electron chi connectivity index (χ1n) is 7.26. The molecule has 0 bridgehead atoms. The zero-order valence-corrected chi connectivity index (χ0v) is 11.6. The van der Waals surface area contributed by atoms with Gasteiger partial charge in [-0.1, -0.05) is 44.0 Å². The first-order chi connectivity index (χ1) is 9.20. The molecule has 1 aromatic carbocycles. The van der Waals surface area contributed by atoms with Gasteiger partial charge in [-0.2, -0.15) is 0 Å². The van der Waals surface area contributed by atoms with E-state index in [4.69, 9.17) is 0 Å². The van der Waals surface area contributed by atoms with Gasteiger partial charge in [0.05, 0.1) is 0 Å². The molecule has 1 unspecified atom stereocenters. The molecule has 1 spiro atoms. The molecule has 1 fully saturated rings. The van der Waals surface area contributed by atoms with Crippen molar-refractivity contribution < 1.29 is 4.79 Å². The van der Waals surface area contributed by atoms with Gasteiger partial charge in [-0.3, -0.25) is 4.79 Å². The van der Waals surface area contributed by atoms with Crippen molar-refractivity contribution in [3.63, 3.8) is 0 Å². The monoisotopic (exact) mass is 255 g/mol. The summed E-state index contributed by atoms with van der Waals surface area (Å²) in [7, 11) is 0. The van der Waals surface area contributed by atoms with Crippen LogP contribution in [0.5, 0.6) is 0 Å². The lowest BCUT2D eigenvalue weighted by molar-refractivity contribution is -0.114. The first kappa shape index (κ1) is 12.5. The minimum Gasteiger partial charge on any atom is -0.305 e. The summed E-state index contributed by atoms with van der Waals surface area (Å²) in [5, 5.41) is 0. The predicted molar refractivity (Wildman–Crippen MR) is 78.4 cm³/mol. The minimum absolute atomic E-state index is 0.0300. The summed E-state index contributed by atoms with van der Waals surface area (Å²) in [6.07, 6.45) is 7.71. The zero-order chi connectivity index (χ0) is 13.5. The van der Waals surface area contributed by atoms with E-state index in [2.05, 4.69) is 31.7 Å². The van der Waals surface area contributed by atoms with Gasteiger partial charge in [0, 0.05) is 17.1 Å². The fourth-order valence-corrected chi connectivity index (χ4v) is 4.06. The van der Waals surface area contributed by atoms with Crippen molar-refractivity contribution in [3.05, 3.63) is 42.5 Å². The van der Waals surface area contributed by atoms with E-state index in [0.717, 1.165) is 5.69 Å². The molecule has 1 saturated carbocycles. The van der Waals surface area contributed by atoms with Crippen molar-refractivity contribution >= 4 is 11.6 Å². The molecule has 1 aromatic rings. The molecule has 0 N–H and O–H groups in total. The molecule has 3 rings (SSSR count). The first-order valence-corrected chi connectivity index (χ1v) is 7.26. The van der Waals surface area contributed by atoms with Gasteiger partial charge in [0.1, 0.15) is 0 Å². The molecular formula is C17H21NO. The van der Waals surface area contributed by atoms with Crippen LogP contribution in [-0.2, 0) is 10.2 Å². The fraction of sp³-hybridized carbons (Fsp3) is 0.471. The van der Waals surface area contributed by atoms with Crippen molar-refractivity contribution in [2.45, 2.75) is 50.5 Å². The normalized spacial score (nSPS) is 24.3. The second-order valence-electron chi connectivity index (χ2n) is 5.82. The Bertz CT molecular complexity index is 514. The van der Waals surface area contributed by atoms with Crippen LogP contribution in [0.25, 0.3) is 0 Å². The predicted octanol–water partition coefficient (Wildman–Crippen LogP) is 3.81. The van der Waals surface area contributed by atoms with Gasteiger partial charge in [-0.25, -0.2) is 0 Å². The number of carbonyl (C=O) groups excluding carboxylic acids is 1. The van der Waals surface area contributed by atoms with Crippen LogP contribution in [0.15, 0.2) is 36.9 Å². The Labute approximate surface area is 115 Å². The maximum atomic E-state index is 12.2. The Morgan fingerprint density at radius 1 is 1.32 bits per heavy atom. The van der Waals surface area contributed by atoms with Crippen molar-refractivity contribution in [2.24, 2.45) is 0 Å². The zero-order valence-electron chi connectivity index (χ0n) is 11.6. The largest absolute Gasteiger partial charge is 0.305 e. The van der Waals surface area contributed by atoms with Gasteiger partial charge in [0.25, 0.3) is 5.91 Å². The Kier molecular flexibility index (Phi) is 2.96. The van der Waals surface area contributed by atoms with Crippen molar-refractivity contribution in [2.75, 3.05) is 4.90 Å². The quantitative estimate of drug-likeness (QED) is 0.699. The number of hydrogen-bond acceptors (Lipinski definition) is 1. The Morgan fingerprint density at radius 2 is 2.00 bits per heavy atom. The second-order valence-corrected chi connectivity index (χ2v) is 5.82. The van der Waals surface area contributed by atoms with Crippen LogP contribution >= 0.6 is 0 Å². The third-order valence-electron chi connectivity index (χ3n) is 5.04. The number of anilines is 1. The SMILES string of the molecule is C=CC(=O)N1c2ccccc2C2(CCCCC2)C1C. The van der Waals surface area contributed by atoms with E-state index in [-0.39, 0.29) is 17.4 Å². The fourth-order valence-electron chi connectivity index (χ4n) is 4.06. The molecule has 0 aromatic heterocycles. The van der Waals surface area contributed by atoms with Gasteiger partial charge in [-0.05, 0) is 37.5 Å². The molecule has 1 aliphatic carbocycles. The molecule has 1 atom stereocenters. The van der Waals surface area contributed by atoms with Crippen molar-refractivity contribution in [1.29, 1.82) is 0 Å². The highest BCUT2D eigenvalue weighted by Gasteiger charge is 2.49. The summed E-state index contributed by atoms with van der Waals surface area (Å²) < 4.78 is 0. The van der Waals surface area contributed by atoms with Gasteiger partial charge >= 0.3 is 0 Å². The summed E-state index contributed by atoms with van der Waals surface area (Å²) in [4.78, 5) is 14.2. The van der Waals surface area contributed by atoms with E-state index in [9.17, 15) is 4.79 Å². The smallest absolute Gasteiger partial charge is 0.250 e. The van der Waals surface area contributed by atoms with E-state index in [1.54, 1.807) is 0 Å². The van der Waals surface area contributed by atoms with Crippen LogP contribution in [0.2, 0.25) is 0 Å². The van der Waals surface area contributed by atoms with E-state index in [0.29, 0.717) is 0 Å². The summed E-state index contributed by atoms with van der Waals surface area (Å²) in [5.74, 6) is 0.0300. The Balaban J connectivity index is 2.13. The molecule has 19 heavy (non-hydrogen) atoms. The lowest BCUT2D eigenvalue weighted by atomic mass is 9.67. The van der Waals surface area contributed by atoms with E-state index in [1.165, 1.54) is 43.7 Å². The lowest BCUT2D eigenvalue weighted by Gasteiger charge is -2.39. The number of carbonyl (C=O) groups is 1. The minimum atomic E-state index is 0.0300. The molecule has 2 nitrogen and oxygen atoms in total. The van der Waals surface area contributed by atoms with Gasteiger partial charge in [-0.15, -0.1) is 0 Å². The number of nitrogens with zero attached hydrogens (tertiary/aromatic N) is 1. The van der Waals surface area contributed by atoms with Crippen LogP contribution in [-0.4, -0.2) is 11.9 Å². The van der Waals surface area contributed by atoms with Crippen LogP contribution in [0.1, 0.15) is 44.6 Å². The Morgan fingerprint density at radius 3 is 2.68 bits per heavy atom. The van der Waals surface area contributed by atoms with Crippen LogP contribution in [0.3, 0.4) is 0 Å². The maximum Gasteiger partial charge on any atom is 0.250 e.